The van der Waals surface area contributed by atoms with Crippen LogP contribution in [-0.4, -0.2) is 50.0 Å². The molecule has 0 bridgehead atoms. The van der Waals surface area contributed by atoms with Crippen LogP contribution in [0.1, 0.15) is 31.4 Å². The Hall–Kier alpha value is -2.49. The van der Waals surface area contributed by atoms with Crippen molar-refractivity contribution in [2.45, 2.75) is 45.3 Å². The van der Waals surface area contributed by atoms with E-state index < -0.39 is 28.5 Å². The summed E-state index contributed by atoms with van der Waals surface area (Å²) in [6.45, 7) is 3.11. The quantitative estimate of drug-likeness (QED) is 0.237. The lowest BCUT2D eigenvalue weighted by Crippen LogP contribution is -2.54. The lowest BCUT2D eigenvalue weighted by Gasteiger charge is -2.34. The van der Waals surface area contributed by atoms with E-state index in [4.69, 9.17) is 46.4 Å². The van der Waals surface area contributed by atoms with Gasteiger partial charge in [0.05, 0.1) is 17.0 Å². The number of rotatable bonds is 12. The minimum atomic E-state index is -3.98. The predicted octanol–water partition coefficient (Wildman–Crippen LogP) is 6.62. The highest BCUT2D eigenvalue weighted by molar-refractivity contribution is 7.92. The number of carbonyl (C=O) groups excluding carboxylic acids is 2. The molecular formula is C29H31Cl4N3O4S. The van der Waals surface area contributed by atoms with Gasteiger partial charge in [0.15, 0.2) is 0 Å². The van der Waals surface area contributed by atoms with Crippen molar-refractivity contribution in [3.05, 3.63) is 97.9 Å². The normalized spacial score (nSPS) is 12.9. The Labute approximate surface area is 261 Å². The first-order chi connectivity index (χ1) is 19.3. The van der Waals surface area contributed by atoms with Gasteiger partial charge in [-0.25, -0.2) is 8.42 Å². The SMILES string of the molecule is CC[C@@H](C)NC(=O)[C@@H](Cc1ccccc1)N(Cc1ccc(Cl)cc1Cl)C(=O)CN(c1ccc(Cl)cc1Cl)S(C)(=O)=O. The van der Waals surface area contributed by atoms with Crippen LogP contribution in [0.2, 0.25) is 20.1 Å². The summed E-state index contributed by atoms with van der Waals surface area (Å²) in [6.07, 6.45) is 1.83. The highest BCUT2D eigenvalue weighted by Crippen LogP contribution is 2.31. The Morgan fingerprint density at radius 3 is 2.07 bits per heavy atom. The van der Waals surface area contributed by atoms with Crippen molar-refractivity contribution < 1.29 is 18.0 Å². The second-order valence-corrected chi connectivity index (χ2v) is 13.2. The van der Waals surface area contributed by atoms with E-state index in [1.807, 2.05) is 44.2 Å². The van der Waals surface area contributed by atoms with Crippen molar-refractivity contribution in [3.8, 4) is 0 Å². The molecule has 0 aliphatic rings. The number of sulfonamides is 1. The number of amides is 2. The average Bonchev–Trinajstić information content (AvgIpc) is 2.90. The molecule has 0 aromatic heterocycles. The number of hydrogen-bond donors (Lipinski definition) is 1. The minimum absolute atomic E-state index is 0.0540. The first kappa shape index (κ1) is 33.0. The largest absolute Gasteiger partial charge is 0.352 e. The summed E-state index contributed by atoms with van der Waals surface area (Å²) in [6, 6.07) is 17.3. The minimum Gasteiger partial charge on any atom is -0.352 e. The summed E-state index contributed by atoms with van der Waals surface area (Å²) in [5.74, 6) is -1.01. The lowest BCUT2D eigenvalue weighted by molar-refractivity contribution is -0.140. The van der Waals surface area contributed by atoms with E-state index in [1.165, 1.54) is 23.1 Å². The monoisotopic (exact) mass is 657 g/mol. The molecule has 3 aromatic rings. The summed E-state index contributed by atoms with van der Waals surface area (Å²) in [7, 11) is -3.98. The van der Waals surface area contributed by atoms with E-state index in [2.05, 4.69) is 5.32 Å². The summed E-state index contributed by atoms with van der Waals surface area (Å²) in [4.78, 5) is 29.2. The molecule has 0 spiro atoms. The molecule has 12 heteroatoms. The lowest BCUT2D eigenvalue weighted by atomic mass is 10.0. The van der Waals surface area contributed by atoms with Crippen LogP contribution in [0.25, 0.3) is 0 Å². The predicted molar refractivity (Wildman–Crippen MR) is 167 cm³/mol. The van der Waals surface area contributed by atoms with Gasteiger partial charge in [-0.2, -0.15) is 0 Å². The van der Waals surface area contributed by atoms with Crippen LogP contribution in [-0.2, 0) is 32.6 Å². The number of anilines is 1. The fourth-order valence-corrected chi connectivity index (χ4v) is 6.00. The number of hydrogen-bond acceptors (Lipinski definition) is 4. The van der Waals surface area contributed by atoms with Gasteiger partial charge < -0.3 is 10.2 Å². The molecule has 0 saturated heterocycles. The van der Waals surface area contributed by atoms with Gasteiger partial charge in [-0.15, -0.1) is 0 Å². The van der Waals surface area contributed by atoms with Crippen LogP contribution in [0.5, 0.6) is 0 Å². The Morgan fingerprint density at radius 2 is 1.51 bits per heavy atom. The first-order valence-corrected chi connectivity index (χ1v) is 16.2. The van der Waals surface area contributed by atoms with Crippen molar-refractivity contribution in [2.24, 2.45) is 0 Å². The van der Waals surface area contributed by atoms with Crippen molar-refractivity contribution in [1.29, 1.82) is 0 Å². The van der Waals surface area contributed by atoms with E-state index in [0.29, 0.717) is 27.1 Å². The molecule has 0 unspecified atom stereocenters. The average molecular weight is 659 g/mol. The Morgan fingerprint density at radius 1 is 0.902 bits per heavy atom. The zero-order valence-electron chi connectivity index (χ0n) is 22.8. The molecule has 3 rings (SSSR count). The van der Waals surface area contributed by atoms with Crippen molar-refractivity contribution in [1.82, 2.24) is 10.2 Å². The van der Waals surface area contributed by atoms with Crippen molar-refractivity contribution in [3.63, 3.8) is 0 Å². The maximum atomic E-state index is 14.1. The molecule has 1 N–H and O–H groups in total. The summed E-state index contributed by atoms with van der Waals surface area (Å²) in [5.41, 5.74) is 1.44. The molecule has 41 heavy (non-hydrogen) atoms. The molecule has 0 aliphatic carbocycles. The highest BCUT2D eigenvalue weighted by Gasteiger charge is 2.34. The smallest absolute Gasteiger partial charge is 0.244 e. The molecule has 0 saturated carbocycles. The molecule has 0 fully saturated rings. The third-order valence-electron chi connectivity index (χ3n) is 6.49. The van der Waals surface area contributed by atoms with E-state index in [9.17, 15) is 18.0 Å². The van der Waals surface area contributed by atoms with Crippen LogP contribution >= 0.6 is 46.4 Å². The van der Waals surface area contributed by atoms with Gasteiger partial charge in [-0.1, -0.05) is 89.7 Å². The second-order valence-electron chi connectivity index (χ2n) is 9.65. The molecular weight excluding hydrogens is 628 g/mol. The van der Waals surface area contributed by atoms with Gasteiger partial charge in [0.25, 0.3) is 0 Å². The third-order valence-corrected chi connectivity index (χ3v) is 8.74. The van der Waals surface area contributed by atoms with Gasteiger partial charge in [-0.3, -0.25) is 13.9 Å². The van der Waals surface area contributed by atoms with Gasteiger partial charge >= 0.3 is 0 Å². The highest BCUT2D eigenvalue weighted by atomic mass is 35.5. The van der Waals surface area contributed by atoms with E-state index in [0.717, 1.165) is 16.1 Å². The molecule has 0 heterocycles. The van der Waals surface area contributed by atoms with Crippen LogP contribution in [0.3, 0.4) is 0 Å². The Kier molecular flexibility index (Phi) is 11.8. The second kappa shape index (κ2) is 14.6. The molecule has 0 aliphatic heterocycles. The fourth-order valence-electron chi connectivity index (χ4n) is 4.11. The Balaban J connectivity index is 2.11. The first-order valence-electron chi connectivity index (χ1n) is 12.8. The summed E-state index contributed by atoms with van der Waals surface area (Å²) >= 11 is 24.9. The van der Waals surface area contributed by atoms with E-state index in [-0.39, 0.29) is 35.6 Å². The fraction of sp³-hybridized carbons (Fsp3) is 0.310. The molecule has 3 aromatic carbocycles. The van der Waals surface area contributed by atoms with E-state index in [1.54, 1.807) is 18.2 Å². The van der Waals surface area contributed by atoms with Crippen molar-refractivity contribution >= 4 is 73.9 Å². The number of nitrogens with one attached hydrogen (secondary N) is 1. The number of halogens is 4. The van der Waals surface area contributed by atoms with Gasteiger partial charge in [0.2, 0.25) is 21.8 Å². The van der Waals surface area contributed by atoms with Crippen molar-refractivity contribution in [2.75, 3.05) is 17.1 Å². The summed E-state index contributed by atoms with van der Waals surface area (Å²) < 4.78 is 26.7. The zero-order chi connectivity index (χ0) is 30.3. The molecule has 220 valence electrons. The summed E-state index contributed by atoms with van der Waals surface area (Å²) in [5, 5.41) is 4.04. The maximum Gasteiger partial charge on any atom is 0.244 e. The zero-order valence-corrected chi connectivity index (χ0v) is 26.6. The maximum absolute atomic E-state index is 14.1. The van der Waals surface area contributed by atoms with Crippen LogP contribution in [0.4, 0.5) is 5.69 Å². The number of carbonyl (C=O) groups is 2. The Bertz CT molecular complexity index is 1490. The van der Waals surface area contributed by atoms with Gasteiger partial charge in [0, 0.05) is 34.1 Å². The third kappa shape index (κ3) is 9.25. The molecule has 2 atom stereocenters. The molecule has 0 radical (unpaired) electrons. The molecule has 2 amide bonds. The van der Waals surface area contributed by atoms with Crippen LogP contribution < -0.4 is 9.62 Å². The number of benzene rings is 3. The van der Waals surface area contributed by atoms with Crippen LogP contribution in [0.15, 0.2) is 66.7 Å². The van der Waals surface area contributed by atoms with E-state index >= 15 is 0 Å². The molecule has 7 nitrogen and oxygen atoms in total. The number of nitrogens with zero attached hydrogens (tertiary/aromatic N) is 2. The topological polar surface area (TPSA) is 86.8 Å². The van der Waals surface area contributed by atoms with Gasteiger partial charge in [-0.05, 0) is 54.8 Å². The van der Waals surface area contributed by atoms with Crippen LogP contribution in [0, 0.1) is 0 Å². The standard InChI is InChI=1S/C29H31Cl4N3O4S/c1-4-19(2)34-29(38)27(14-20-8-6-5-7-9-20)35(17-21-10-11-22(30)15-24(21)32)28(37)18-36(41(3,39)40)26-13-12-23(31)16-25(26)33/h5-13,15-16,19,27H,4,14,17-18H2,1-3H3,(H,34,38)/t19-,27-/m1/s1. The van der Waals surface area contributed by atoms with Gasteiger partial charge in [0.1, 0.15) is 12.6 Å².